The van der Waals surface area contributed by atoms with E-state index in [4.69, 9.17) is 14.6 Å². The Kier molecular flexibility index (Phi) is 8.29. The predicted molar refractivity (Wildman–Crippen MR) is 120 cm³/mol. The number of aliphatic hydroxyl groups excluding tert-OH is 1. The molecule has 2 aromatic carbocycles. The number of aliphatic hydroxyl groups is 1. The van der Waals surface area contributed by atoms with E-state index < -0.39 is 42.2 Å². The van der Waals surface area contributed by atoms with E-state index in [2.05, 4.69) is 5.32 Å². The molecule has 0 heterocycles. The minimum absolute atomic E-state index is 0.0479. The van der Waals surface area contributed by atoms with Gasteiger partial charge in [-0.15, -0.1) is 0 Å². The second-order valence-electron chi connectivity index (χ2n) is 7.54. The number of Topliss-reactive ketones (excluding diaryl/α,β-unsaturated/α-hetero) is 1. The fourth-order valence-corrected chi connectivity index (χ4v) is 3.42. The van der Waals surface area contributed by atoms with Gasteiger partial charge in [-0.25, -0.2) is 4.39 Å². The fraction of sp³-hybridized carbons (Fsp3) is 0.280. The zero-order chi connectivity index (χ0) is 25.6. The number of hydrogen-bond donors (Lipinski definition) is 2. The van der Waals surface area contributed by atoms with Crippen molar-refractivity contribution in [3.63, 3.8) is 0 Å². The van der Waals surface area contributed by atoms with Gasteiger partial charge >= 0.3 is 6.18 Å². The molecule has 0 spiro atoms. The molecule has 0 unspecified atom stereocenters. The Labute approximate surface area is 198 Å². The van der Waals surface area contributed by atoms with Crippen LogP contribution >= 0.6 is 0 Å². The first-order valence-electron chi connectivity index (χ1n) is 10.7. The van der Waals surface area contributed by atoms with Crippen molar-refractivity contribution in [1.29, 1.82) is 0 Å². The third-order valence-corrected chi connectivity index (χ3v) is 5.02. The first-order chi connectivity index (χ1) is 16.6. The van der Waals surface area contributed by atoms with Crippen LogP contribution in [-0.4, -0.2) is 36.6 Å². The first kappa shape index (κ1) is 26.0. The summed E-state index contributed by atoms with van der Waals surface area (Å²) in [7, 11) is 0. The van der Waals surface area contributed by atoms with Crippen LogP contribution in [0.15, 0.2) is 54.3 Å². The summed E-state index contributed by atoms with van der Waals surface area (Å²) in [5.41, 5.74) is -0.109. The number of ether oxygens (including phenoxy) is 2. The lowest BCUT2D eigenvalue weighted by Crippen LogP contribution is -2.17. The number of rotatable bonds is 9. The molecule has 1 aliphatic rings. The molecule has 0 aliphatic heterocycles. The second kappa shape index (κ2) is 11.2. The Balaban J connectivity index is 1.72. The van der Waals surface area contributed by atoms with E-state index >= 15 is 0 Å². The average Bonchev–Trinajstić information content (AvgIpc) is 2.80. The van der Waals surface area contributed by atoms with Crippen molar-refractivity contribution >= 4 is 23.0 Å². The van der Waals surface area contributed by atoms with Gasteiger partial charge in [0.1, 0.15) is 18.2 Å². The van der Waals surface area contributed by atoms with Crippen molar-refractivity contribution in [2.24, 2.45) is 0 Å². The summed E-state index contributed by atoms with van der Waals surface area (Å²) in [4.78, 5) is 24.3. The third-order valence-electron chi connectivity index (χ3n) is 5.02. The molecule has 0 aromatic heterocycles. The van der Waals surface area contributed by atoms with E-state index in [1.807, 2.05) is 0 Å². The molecule has 0 fully saturated rings. The number of ketones is 1. The van der Waals surface area contributed by atoms with Crippen molar-refractivity contribution in [2.45, 2.75) is 25.9 Å². The van der Waals surface area contributed by atoms with Crippen molar-refractivity contribution in [2.75, 3.05) is 25.1 Å². The topological polar surface area (TPSA) is 84.9 Å². The number of alkyl halides is 3. The average molecular weight is 493 g/mol. The summed E-state index contributed by atoms with van der Waals surface area (Å²) >= 11 is 0. The van der Waals surface area contributed by atoms with Gasteiger partial charge in [-0.05, 0) is 54.0 Å². The number of amides is 1. The molecule has 1 amide bonds. The van der Waals surface area contributed by atoms with Crippen molar-refractivity contribution in [3.05, 3.63) is 76.8 Å². The van der Waals surface area contributed by atoms with E-state index in [0.717, 1.165) is 6.07 Å². The van der Waals surface area contributed by atoms with Gasteiger partial charge < -0.3 is 19.9 Å². The Morgan fingerprint density at radius 2 is 1.91 bits per heavy atom. The maximum Gasteiger partial charge on any atom is 0.420 e. The largest absolute Gasteiger partial charge is 0.491 e. The molecular formula is C25H23F4NO5. The lowest BCUT2D eigenvalue weighted by molar-refractivity contribution is -0.139. The molecule has 1 aliphatic carbocycles. The Morgan fingerprint density at radius 1 is 1.14 bits per heavy atom. The number of anilines is 1. The summed E-state index contributed by atoms with van der Waals surface area (Å²) in [5.74, 6) is -1.85. The van der Waals surface area contributed by atoms with Gasteiger partial charge in [0.05, 0.1) is 25.2 Å². The molecule has 2 aromatic rings. The quantitative estimate of drug-likeness (QED) is 0.496. The minimum atomic E-state index is -4.75. The van der Waals surface area contributed by atoms with E-state index in [-0.39, 0.29) is 35.8 Å². The van der Waals surface area contributed by atoms with Crippen LogP contribution in [0.2, 0.25) is 0 Å². The minimum Gasteiger partial charge on any atom is -0.491 e. The summed E-state index contributed by atoms with van der Waals surface area (Å²) in [6.07, 6.45) is -1.85. The maximum absolute atomic E-state index is 14.7. The second-order valence-corrected chi connectivity index (χ2v) is 7.54. The van der Waals surface area contributed by atoms with E-state index in [1.165, 1.54) is 24.3 Å². The lowest BCUT2D eigenvalue weighted by atomic mass is 9.96. The molecule has 2 N–H and O–H groups in total. The van der Waals surface area contributed by atoms with Crippen molar-refractivity contribution in [1.82, 2.24) is 0 Å². The number of carbonyl (C=O) groups is 2. The van der Waals surface area contributed by atoms with E-state index in [0.29, 0.717) is 23.8 Å². The highest BCUT2D eigenvalue weighted by Crippen LogP contribution is 2.38. The van der Waals surface area contributed by atoms with Crippen LogP contribution in [0.25, 0.3) is 5.57 Å². The highest BCUT2D eigenvalue weighted by molar-refractivity contribution is 6.01. The molecule has 0 bridgehead atoms. The summed E-state index contributed by atoms with van der Waals surface area (Å²) in [6, 6.07) is 7.18. The molecule has 0 radical (unpaired) electrons. The molecule has 6 nitrogen and oxygen atoms in total. The van der Waals surface area contributed by atoms with Crippen molar-refractivity contribution in [3.8, 4) is 5.75 Å². The zero-order valence-corrected chi connectivity index (χ0v) is 18.7. The molecule has 0 saturated heterocycles. The van der Waals surface area contributed by atoms with Crippen LogP contribution in [0.1, 0.15) is 30.0 Å². The SMILES string of the molecule is CCOC1=CC(c2ccc(CC(=O)Nc3ccc(OCCO)c(C(F)(F)F)c3)c(F)c2)=CCC1=O. The van der Waals surface area contributed by atoms with Gasteiger partial charge in [-0.1, -0.05) is 18.2 Å². The van der Waals surface area contributed by atoms with Crippen LogP contribution < -0.4 is 10.1 Å². The van der Waals surface area contributed by atoms with Crippen LogP contribution in [0.3, 0.4) is 0 Å². The fourth-order valence-electron chi connectivity index (χ4n) is 3.42. The number of benzene rings is 2. The zero-order valence-electron chi connectivity index (χ0n) is 18.7. The first-order valence-corrected chi connectivity index (χ1v) is 10.7. The lowest BCUT2D eigenvalue weighted by Gasteiger charge is -2.16. The summed E-state index contributed by atoms with van der Waals surface area (Å²) in [6.45, 7) is 1.28. The van der Waals surface area contributed by atoms with Gasteiger partial charge in [0.25, 0.3) is 0 Å². The Hall–Kier alpha value is -3.66. The molecule has 35 heavy (non-hydrogen) atoms. The van der Waals surface area contributed by atoms with Gasteiger partial charge in [0.2, 0.25) is 11.7 Å². The van der Waals surface area contributed by atoms with Crippen molar-refractivity contribution < 1.29 is 41.7 Å². The molecule has 0 atom stereocenters. The van der Waals surface area contributed by atoms with Crippen LogP contribution in [0, 0.1) is 5.82 Å². The molecule has 186 valence electrons. The number of hydrogen-bond acceptors (Lipinski definition) is 5. The predicted octanol–water partition coefficient (Wildman–Crippen LogP) is 4.67. The van der Waals surface area contributed by atoms with E-state index in [9.17, 15) is 27.2 Å². The Bertz CT molecular complexity index is 1170. The monoisotopic (exact) mass is 493 g/mol. The summed E-state index contributed by atoms with van der Waals surface area (Å²) in [5, 5.41) is 11.1. The number of carbonyl (C=O) groups excluding carboxylic acids is 2. The Morgan fingerprint density at radius 3 is 2.57 bits per heavy atom. The number of halogens is 4. The maximum atomic E-state index is 14.7. The highest BCUT2D eigenvalue weighted by Gasteiger charge is 2.35. The number of nitrogens with one attached hydrogen (secondary N) is 1. The third kappa shape index (κ3) is 6.69. The van der Waals surface area contributed by atoms with Crippen LogP contribution in [-0.2, 0) is 26.9 Å². The standard InChI is InChI=1S/C25H23F4NO5/c1-2-34-23-12-16(5-7-21(23)32)15-3-4-17(20(26)11-15)13-24(33)30-18-6-8-22(35-10-9-31)19(14-18)25(27,28)29/h3-6,8,11-12,14,31H,2,7,9-10,13H2,1H3,(H,30,33). The molecule has 3 rings (SSSR count). The molecular weight excluding hydrogens is 470 g/mol. The summed E-state index contributed by atoms with van der Waals surface area (Å²) < 4.78 is 64.9. The van der Waals surface area contributed by atoms with Crippen LogP contribution in [0.4, 0.5) is 23.2 Å². The highest BCUT2D eigenvalue weighted by atomic mass is 19.4. The number of allylic oxidation sites excluding steroid dienone is 4. The van der Waals surface area contributed by atoms with E-state index in [1.54, 1.807) is 19.1 Å². The van der Waals surface area contributed by atoms with Gasteiger partial charge in [0.15, 0.2) is 5.76 Å². The van der Waals surface area contributed by atoms with Gasteiger partial charge in [0, 0.05) is 12.1 Å². The molecule has 0 saturated carbocycles. The smallest absolute Gasteiger partial charge is 0.420 e. The molecule has 10 heteroatoms. The normalized spacial score (nSPS) is 13.7. The van der Waals surface area contributed by atoms with Gasteiger partial charge in [-0.3, -0.25) is 9.59 Å². The van der Waals surface area contributed by atoms with Crippen LogP contribution in [0.5, 0.6) is 5.75 Å². The van der Waals surface area contributed by atoms with Gasteiger partial charge in [-0.2, -0.15) is 13.2 Å².